The fraction of sp³-hybridized carbons (Fsp3) is 0.273. The molecule has 1 saturated heterocycles. The molecular formula is C22H24N6OS. The van der Waals surface area contributed by atoms with Crippen LogP contribution in [-0.2, 0) is 11.3 Å². The van der Waals surface area contributed by atoms with Crippen molar-refractivity contribution in [2.45, 2.75) is 25.5 Å². The molecule has 1 fully saturated rings. The van der Waals surface area contributed by atoms with E-state index in [-0.39, 0.29) is 6.10 Å². The molecule has 0 radical (unpaired) electrons. The molecule has 8 heteroatoms. The average Bonchev–Trinajstić information content (AvgIpc) is 3.44. The lowest BCUT2D eigenvalue weighted by Crippen LogP contribution is -2.37. The fourth-order valence-corrected chi connectivity index (χ4v) is 3.46. The molecule has 0 bridgehead atoms. The van der Waals surface area contributed by atoms with Crippen LogP contribution < -0.4 is 10.7 Å². The van der Waals surface area contributed by atoms with Gasteiger partial charge in [0, 0.05) is 42.9 Å². The molecule has 0 unspecified atom stereocenters. The van der Waals surface area contributed by atoms with E-state index < -0.39 is 0 Å². The van der Waals surface area contributed by atoms with Crippen LogP contribution in [0, 0.1) is 0 Å². The topological polar surface area (TPSA) is 76.4 Å². The molecule has 1 aliphatic heterocycles. The lowest BCUT2D eigenvalue weighted by molar-refractivity contribution is 0.114. The first-order valence-electron chi connectivity index (χ1n) is 9.98. The Hall–Kier alpha value is -3.10. The van der Waals surface area contributed by atoms with Crippen LogP contribution in [0.3, 0.4) is 0 Å². The van der Waals surface area contributed by atoms with Crippen LogP contribution in [0.25, 0.3) is 11.3 Å². The largest absolute Gasteiger partial charge is 0.376 e. The summed E-state index contributed by atoms with van der Waals surface area (Å²) in [4.78, 5) is 4.21. The summed E-state index contributed by atoms with van der Waals surface area (Å²) in [6, 6.07) is 14.1. The van der Waals surface area contributed by atoms with Crippen LogP contribution in [0.2, 0.25) is 0 Å². The highest BCUT2D eigenvalue weighted by molar-refractivity contribution is 7.80. The first kappa shape index (κ1) is 20.2. The SMILES string of the molecule is S=C(NC[C@@H]1CCCO1)N/N=C\c1cn(Cc2ccccc2)nc1-c1cccnc1. The van der Waals surface area contributed by atoms with Gasteiger partial charge in [-0.1, -0.05) is 30.3 Å². The van der Waals surface area contributed by atoms with Gasteiger partial charge in [0.1, 0.15) is 5.69 Å². The van der Waals surface area contributed by atoms with E-state index in [0.717, 1.165) is 36.3 Å². The van der Waals surface area contributed by atoms with Crippen molar-refractivity contribution in [3.63, 3.8) is 0 Å². The van der Waals surface area contributed by atoms with Gasteiger partial charge in [-0.25, -0.2) is 0 Å². The third kappa shape index (κ3) is 5.49. The first-order chi connectivity index (χ1) is 14.8. The zero-order chi connectivity index (χ0) is 20.6. The third-order valence-electron chi connectivity index (χ3n) is 4.80. The number of thiocarbonyl (C=S) groups is 1. The number of hydrogen-bond donors (Lipinski definition) is 2. The summed E-state index contributed by atoms with van der Waals surface area (Å²) in [6.45, 7) is 2.20. The summed E-state index contributed by atoms with van der Waals surface area (Å²) in [6.07, 6.45) is 9.65. The standard InChI is InChI=1S/C22H24N6OS/c30-22(24-14-20-9-5-11-29-20)26-25-13-19-16-28(15-17-6-2-1-3-7-17)27-21(19)18-8-4-10-23-12-18/h1-4,6-8,10,12-13,16,20H,5,9,11,14-15H2,(H2,24,26,30)/b25-13-/t20-/m0/s1. The van der Waals surface area contributed by atoms with E-state index in [9.17, 15) is 0 Å². The van der Waals surface area contributed by atoms with Gasteiger partial charge in [-0.2, -0.15) is 10.2 Å². The Morgan fingerprint density at radius 3 is 2.93 bits per heavy atom. The predicted molar refractivity (Wildman–Crippen MR) is 121 cm³/mol. The fourth-order valence-electron chi connectivity index (χ4n) is 3.32. The van der Waals surface area contributed by atoms with E-state index >= 15 is 0 Å². The smallest absolute Gasteiger partial charge is 0.187 e. The number of aromatic nitrogens is 3. The van der Waals surface area contributed by atoms with Crippen LogP contribution in [0.4, 0.5) is 0 Å². The van der Waals surface area contributed by atoms with Crippen molar-refractivity contribution in [2.75, 3.05) is 13.2 Å². The first-order valence-corrected chi connectivity index (χ1v) is 10.4. The highest BCUT2D eigenvalue weighted by atomic mass is 32.1. The maximum atomic E-state index is 5.59. The van der Waals surface area contributed by atoms with E-state index in [1.54, 1.807) is 18.6 Å². The Morgan fingerprint density at radius 2 is 2.17 bits per heavy atom. The number of ether oxygens (including phenoxy) is 1. The molecule has 3 aromatic rings. The van der Waals surface area contributed by atoms with Gasteiger partial charge in [0.15, 0.2) is 5.11 Å². The zero-order valence-electron chi connectivity index (χ0n) is 16.6. The number of nitrogens with one attached hydrogen (secondary N) is 2. The summed E-state index contributed by atoms with van der Waals surface area (Å²) in [5, 5.41) is 12.7. The van der Waals surface area contributed by atoms with E-state index in [1.165, 1.54) is 5.56 Å². The molecule has 30 heavy (non-hydrogen) atoms. The minimum atomic E-state index is 0.224. The van der Waals surface area contributed by atoms with Crippen molar-refractivity contribution in [1.29, 1.82) is 0 Å². The maximum absolute atomic E-state index is 5.59. The molecule has 0 saturated carbocycles. The summed E-state index contributed by atoms with van der Waals surface area (Å²) >= 11 is 5.30. The molecule has 2 N–H and O–H groups in total. The monoisotopic (exact) mass is 420 g/mol. The molecule has 7 nitrogen and oxygen atoms in total. The van der Waals surface area contributed by atoms with Crippen molar-refractivity contribution >= 4 is 23.5 Å². The minimum absolute atomic E-state index is 0.224. The van der Waals surface area contributed by atoms with Crippen LogP contribution >= 0.6 is 12.2 Å². The van der Waals surface area contributed by atoms with Crippen LogP contribution in [-0.4, -0.2) is 45.3 Å². The van der Waals surface area contributed by atoms with Crippen molar-refractivity contribution in [1.82, 2.24) is 25.5 Å². The van der Waals surface area contributed by atoms with Gasteiger partial charge in [0.2, 0.25) is 0 Å². The minimum Gasteiger partial charge on any atom is -0.376 e. The van der Waals surface area contributed by atoms with Gasteiger partial charge < -0.3 is 10.1 Å². The Kier molecular flexibility index (Phi) is 6.79. The Labute approximate surface area is 181 Å². The lowest BCUT2D eigenvalue weighted by Gasteiger charge is -2.11. The summed E-state index contributed by atoms with van der Waals surface area (Å²) < 4.78 is 7.50. The molecule has 0 amide bonds. The normalized spacial score (nSPS) is 16.1. The molecule has 4 rings (SSSR count). The number of nitrogens with zero attached hydrogens (tertiary/aromatic N) is 4. The second kappa shape index (κ2) is 10.1. The van der Waals surface area contributed by atoms with Gasteiger partial charge in [-0.3, -0.25) is 15.1 Å². The average molecular weight is 421 g/mol. The molecule has 1 aromatic carbocycles. The van der Waals surface area contributed by atoms with E-state index in [1.807, 2.05) is 41.2 Å². The summed E-state index contributed by atoms with van der Waals surface area (Å²) in [5.41, 5.74) is 6.69. The highest BCUT2D eigenvalue weighted by Crippen LogP contribution is 2.20. The lowest BCUT2D eigenvalue weighted by atomic mass is 10.1. The van der Waals surface area contributed by atoms with Gasteiger partial charge in [0.05, 0.1) is 18.9 Å². The number of rotatable bonds is 7. The highest BCUT2D eigenvalue weighted by Gasteiger charge is 2.15. The second-order valence-corrected chi connectivity index (χ2v) is 7.48. The van der Waals surface area contributed by atoms with Crippen molar-refractivity contribution in [3.8, 4) is 11.3 Å². The molecule has 1 aliphatic rings. The van der Waals surface area contributed by atoms with E-state index in [0.29, 0.717) is 18.2 Å². The van der Waals surface area contributed by atoms with Crippen LogP contribution in [0.5, 0.6) is 0 Å². The Morgan fingerprint density at radius 1 is 1.27 bits per heavy atom. The predicted octanol–water partition coefficient (Wildman–Crippen LogP) is 2.97. The molecule has 1 atom stereocenters. The second-order valence-electron chi connectivity index (χ2n) is 7.07. The number of pyridine rings is 1. The van der Waals surface area contributed by atoms with Gasteiger partial charge >= 0.3 is 0 Å². The molecule has 0 aliphatic carbocycles. The quantitative estimate of drug-likeness (QED) is 0.348. The van der Waals surface area contributed by atoms with E-state index in [4.69, 9.17) is 22.1 Å². The number of hydrogen-bond acceptors (Lipinski definition) is 5. The zero-order valence-corrected chi connectivity index (χ0v) is 17.4. The molecule has 2 aromatic heterocycles. The summed E-state index contributed by atoms with van der Waals surface area (Å²) in [7, 11) is 0. The van der Waals surface area contributed by atoms with Crippen molar-refractivity contribution in [3.05, 3.63) is 72.2 Å². The molecule has 154 valence electrons. The van der Waals surface area contributed by atoms with Crippen molar-refractivity contribution in [2.24, 2.45) is 5.10 Å². The van der Waals surface area contributed by atoms with Crippen molar-refractivity contribution < 1.29 is 4.74 Å². The molecule has 3 heterocycles. The van der Waals surface area contributed by atoms with Crippen LogP contribution in [0.15, 0.2) is 66.2 Å². The molecule has 0 spiro atoms. The van der Waals surface area contributed by atoms with Gasteiger partial charge in [0.25, 0.3) is 0 Å². The molecular weight excluding hydrogens is 396 g/mol. The third-order valence-corrected chi connectivity index (χ3v) is 5.03. The van der Waals surface area contributed by atoms with Gasteiger partial charge in [-0.05, 0) is 42.8 Å². The number of hydrazone groups is 1. The Bertz CT molecular complexity index is 983. The van der Waals surface area contributed by atoms with Crippen LogP contribution in [0.1, 0.15) is 24.0 Å². The van der Waals surface area contributed by atoms with Gasteiger partial charge in [-0.15, -0.1) is 0 Å². The maximum Gasteiger partial charge on any atom is 0.187 e. The van der Waals surface area contributed by atoms with E-state index in [2.05, 4.69) is 33.0 Å². The Balaban J connectivity index is 1.45. The number of benzene rings is 1. The summed E-state index contributed by atoms with van der Waals surface area (Å²) in [5.74, 6) is 0.